The molecule has 2 rings (SSSR count). The van der Waals surface area contributed by atoms with Crippen molar-refractivity contribution >= 4 is 0 Å². The Hall–Kier alpha value is -1.06. The van der Waals surface area contributed by atoms with Crippen molar-refractivity contribution in [2.75, 3.05) is 46.4 Å². The number of rotatable bonds is 8. The molecule has 1 heterocycles. The average Bonchev–Trinajstić information content (AvgIpc) is 2.50. The van der Waals surface area contributed by atoms with Crippen LogP contribution in [0.5, 0.6) is 5.75 Å². The van der Waals surface area contributed by atoms with Crippen LogP contribution in [0.25, 0.3) is 0 Å². The molecule has 0 saturated carbocycles. The molecule has 1 aliphatic rings. The first-order valence-electron chi connectivity index (χ1n) is 8.59. The molecule has 1 fully saturated rings. The van der Waals surface area contributed by atoms with E-state index in [-0.39, 0.29) is 0 Å². The van der Waals surface area contributed by atoms with Crippen LogP contribution >= 0.6 is 0 Å². The number of piperazine rings is 1. The molecule has 1 aliphatic heterocycles. The first kappa shape index (κ1) is 16.3. The van der Waals surface area contributed by atoms with Gasteiger partial charge >= 0.3 is 0 Å². The van der Waals surface area contributed by atoms with E-state index < -0.39 is 0 Å². The first-order valence-corrected chi connectivity index (χ1v) is 8.59. The number of aryl methyl sites for hydroxylation is 1. The van der Waals surface area contributed by atoms with Gasteiger partial charge in [-0.3, -0.25) is 0 Å². The van der Waals surface area contributed by atoms with Crippen LogP contribution in [0.3, 0.4) is 0 Å². The maximum atomic E-state index is 5.84. The van der Waals surface area contributed by atoms with E-state index in [0.717, 1.165) is 12.4 Å². The molecule has 21 heavy (non-hydrogen) atoms. The van der Waals surface area contributed by atoms with Crippen molar-refractivity contribution < 1.29 is 14.5 Å². The Morgan fingerprint density at radius 3 is 2.43 bits per heavy atom. The molecule has 0 spiro atoms. The number of hydrogen-bond acceptors (Lipinski definition) is 1. The maximum absolute atomic E-state index is 5.84. The van der Waals surface area contributed by atoms with Gasteiger partial charge in [0.05, 0.1) is 20.2 Å². The Balaban J connectivity index is 1.46. The lowest BCUT2D eigenvalue weighted by Crippen LogP contribution is -3.27. The van der Waals surface area contributed by atoms with Gasteiger partial charge in [-0.05, 0) is 44.2 Å². The number of hydrogen-bond donors (Lipinski definition) is 2. The lowest BCUT2D eigenvalue weighted by atomic mass is 10.2. The van der Waals surface area contributed by atoms with Crippen molar-refractivity contribution in [2.24, 2.45) is 0 Å². The third-order valence-electron chi connectivity index (χ3n) is 4.59. The van der Waals surface area contributed by atoms with Crippen molar-refractivity contribution in [1.82, 2.24) is 0 Å². The third-order valence-corrected chi connectivity index (χ3v) is 4.59. The van der Waals surface area contributed by atoms with Crippen molar-refractivity contribution in [3.8, 4) is 5.75 Å². The normalized spacial score (nSPS) is 22.2. The topological polar surface area (TPSA) is 18.1 Å². The molecular formula is C18H32N2O+2. The molecular weight excluding hydrogens is 260 g/mol. The molecule has 0 atom stereocenters. The molecule has 1 saturated heterocycles. The molecule has 0 aliphatic carbocycles. The van der Waals surface area contributed by atoms with E-state index in [1.54, 1.807) is 4.90 Å². The molecule has 3 nitrogen and oxygen atoms in total. The van der Waals surface area contributed by atoms with Crippen LogP contribution in [0.4, 0.5) is 0 Å². The van der Waals surface area contributed by atoms with Gasteiger partial charge in [0, 0.05) is 0 Å². The Bertz CT molecular complexity index is 400. The summed E-state index contributed by atoms with van der Waals surface area (Å²) in [5, 5.41) is 0. The second-order valence-corrected chi connectivity index (χ2v) is 6.49. The molecule has 2 N–H and O–H groups in total. The van der Waals surface area contributed by atoms with Gasteiger partial charge in [0.2, 0.25) is 0 Å². The second-order valence-electron chi connectivity index (χ2n) is 6.49. The van der Waals surface area contributed by atoms with E-state index >= 15 is 0 Å². The van der Waals surface area contributed by atoms with Crippen LogP contribution in [0.2, 0.25) is 0 Å². The number of quaternary nitrogens is 2. The largest absolute Gasteiger partial charge is 0.493 e. The summed E-state index contributed by atoms with van der Waals surface area (Å²) in [6.45, 7) is 9.75. The van der Waals surface area contributed by atoms with E-state index in [9.17, 15) is 0 Å². The van der Waals surface area contributed by atoms with Gasteiger partial charge in [0.15, 0.2) is 0 Å². The SMILES string of the molecule is Cc1ccccc1OCCCCCC[NH+]1CC[NH+](C)CC1. The highest BCUT2D eigenvalue weighted by Crippen LogP contribution is 2.16. The number of nitrogens with one attached hydrogen (secondary N) is 2. The minimum atomic E-state index is 0.857. The van der Waals surface area contributed by atoms with Crippen LogP contribution < -0.4 is 14.5 Å². The summed E-state index contributed by atoms with van der Waals surface area (Å²) in [5.74, 6) is 1.04. The van der Waals surface area contributed by atoms with Crippen molar-refractivity contribution in [3.63, 3.8) is 0 Å². The average molecular weight is 292 g/mol. The monoisotopic (exact) mass is 292 g/mol. The second kappa shape index (κ2) is 9.06. The molecule has 0 amide bonds. The van der Waals surface area contributed by atoms with E-state index in [1.807, 2.05) is 11.0 Å². The van der Waals surface area contributed by atoms with Gasteiger partial charge in [-0.15, -0.1) is 0 Å². The fourth-order valence-electron chi connectivity index (χ4n) is 3.01. The summed E-state index contributed by atoms with van der Waals surface area (Å²) in [5.41, 5.74) is 1.23. The zero-order chi connectivity index (χ0) is 14.9. The van der Waals surface area contributed by atoms with E-state index in [2.05, 4.69) is 32.2 Å². The predicted molar refractivity (Wildman–Crippen MR) is 87.3 cm³/mol. The highest BCUT2D eigenvalue weighted by Gasteiger charge is 2.18. The molecule has 0 aromatic heterocycles. The minimum absolute atomic E-state index is 0.857. The Morgan fingerprint density at radius 2 is 1.67 bits per heavy atom. The molecule has 118 valence electrons. The lowest BCUT2D eigenvalue weighted by molar-refractivity contribution is -1.00. The Labute approximate surface area is 129 Å². The summed E-state index contributed by atoms with van der Waals surface area (Å²) < 4.78 is 5.84. The summed E-state index contributed by atoms with van der Waals surface area (Å²) >= 11 is 0. The number of para-hydroxylation sites is 1. The quantitative estimate of drug-likeness (QED) is 0.662. The van der Waals surface area contributed by atoms with Gasteiger partial charge in [0.25, 0.3) is 0 Å². The lowest BCUT2D eigenvalue weighted by Gasteiger charge is -2.27. The minimum Gasteiger partial charge on any atom is -0.493 e. The zero-order valence-corrected chi connectivity index (χ0v) is 13.8. The zero-order valence-electron chi connectivity index (χ0n) is 13.8. The van der Waals surface area contributed by atoms with E-state index in [4.69, 9.17) is 4.74 Å². The fourth-order valence-corrected chi connectivity index (χ4v) is 3.01. The molecule has 0 radical (unpaired) electrons. The van der Waals surface area contributed by atoms with Crippen LogP contribution in [0.1, 0.15) is 31.2 Å². The molecule has 0 bridgehead atoms. The first-order chi connectivity index (χ1) is 10.3. The number of benzene rings is 1. The van der Waals surface area contributed by atoms with Gasteiger partial charge in [-0.2, -0.15) is 0 Å². The standard InChI is InChI=1S/C18H30N2O/c1-17-9-5-6-10-18(17)21-16-8-4-3-7-11-20-14-12-19(2)13-15-20/h5-6,9-10H,3-4,7-8,11-16H2,1-2H3/p+2. The van der Waals surface area contributed by atoms with Gasteiger partial charge in [-0.1, -0.05) is 18.2 Å². The van der Waals surface area contributed by atoms with Crippen LogP contribution in [-0.4, -0.2) is 46.4 Å². The van der Waals surface area contributed by atoms with Crippen LogP contribution in [-0.2, 0) is 0 Å². The summed E-state index contributed by atoms with van der Waals surface area (Å²) in [4.78, 5) is 3.52. The van der Waals surface area contributed by atoms with Crippen molar-refractivity contribution in [3.05, 3.63) is 29.8 Å². The summed E-state index contributed by atoms with van der Waals surface area (Å²) in [6, 6.07) is 8.27. The highest BCUT2D eigenvalue weighted by atomic mass is 16.5. The smallest absolute Gasteiger partial charge is 0.127 e. The van der Waals surface area contributed by atoms with Crippen molar-refractivity contribution in [2.45, 2.75) is 32.6 Å². The third kappa shape index (κ3) is 6.06. The molecule has 0 unspecified atom stereocenters. The number of unbranched alkanes of at least 4 members (excludes halogenated alkanes) is 3. The maximum Gasteiger partial charge on any atom is 0.127 e. The van der Waals surface area contributed by atoms with Crippen LogP contribution in [0, 0.1) is 6.92 Å². The van der Waals surface area contributed by atoms with Gasteiger partial charge in [-0.25, -0.2) is 0 Å². The number of ether oxygens (including phenoxy) is 1. The van der Waals surface area contributed by atoms with Gasteiger partial charge in [0.1, 0.15) is 31.9 Å². The van der Waals surface area contributed by atoms with Crippen LogP contribution in [0.15, 0.2) is 24.3 Å². The number of likely N-dealkylation sites (N-methyl/N-ethyl adjacent to an activating group) is 1. The molecule has 1 aromatic rings. The fraction of sp³-hybridized carbons (Fsp3) is 0.667. The molecule has 1 aromatic carbocycles. The van der Waals surface area contributed by atoms with Crippen molar-refractivity contribution in [1.29, 1.82) is 0 Å². The summed E-state index contributed by atoms with van der Waals surface area (Å²) in [6.07, 6.45) is 5.20. The Kier molecular flexibility index (Phi) is 7.04. The Morgan fingerprint density at radius 1 is 0.952 bits per heavy atom. The van der Waals surface area contributed by atoms with E-state index in [1.165, 1.54) is 64.0 Å². The highest BCUT2D eigenvalue weighted by molar-refractivity contribution is 5.31. The van der Waals surface area contributed by atoms with Gasteiger partial charge < -0.3 is 14.5 Å². The molecule has 3 heteroatoms. The van der Waals surface area contributed by atoms with E-state index in [0.29, 0.717) is 0 Å². The predicted octanol–water partition coefficient (Wildman–Crippen LogP) is 0.347. The summed E-state index contributed by atoms with van der Waals surface area (Å²) in [7, 11) is 2.31.